The first-order valence-electron chi connectivity index (χ1n) is 7.76. The molecule has 0 saturated heterocycles. The number of ether oxygens (including phenoxy) is 1. The lowest BCUT2D eigenvalue weighted by molar-refractivity contribution is 0.336. The normalized spacial score (nSPS) is 18.6. The summed E-state index contributed by atoms with van der Waals surface area (Å²) in [6.45, 7) is 3.24. The number of hydrogen-bond acceptors (Lipinski definition) is 2. The van der Waals surface area contributed by atoms with Crippen LogP contribution in [0.3, 0.4) is 0 Å². The van der Waals surface area contributed by atoms with E-state index in [9.17, 15) is 0 Å². The zero-order valence-corrected chi connectivity index (χ0v) is 14.2. The Kier molecular flexibility index (Phi) is 6.37. The second kappa shape index (κ2) is 8.04. The Morgan fingerprint density at radius 2 is 1.95 bits per heavy atom. The number of methoxy groups -OCH3 is 1. The topological polar surface area (TPSA) is 21.3 Å². The van der Waals surface area contributed by atoms with E-state index in [0.717, 1.165) is 22.7 Å². The summed E-state index contributed by atoms with van der Waals surface area (Å²) in [5.41, 5.74) is 1.27. The first-order chi connectivity index (χ1) is 9.70. The maximum atomic E-state index is 5.30. The molecule has 0 aliphatic heterocycles. The second-order valence-electron chi connectivity index (χ2n) is 5.88. The average molecular weight is 340 g/mol. The number of rotatable bonds is 5. The third kappa shape index (κ3) is 4.49. The summed E-state index contributed by atoms with van der Waals surface area (Å²) >= 11 is 3.62. The van der Waals surface area contributed by atoms with Gasteiger partial charge in [-0.15, -0.1) is 0 Å². The van der Waals surface area contributed by atoms with E-state index in [4.69, 9.17) is 4.74 Å². The van der Waals surface area contributed by atoms with Crippen LogP contribution in [0.2, 0.25) is 0 Å². The molecular formula is C17H26BrNO. The summed E-state index contributed by atoms with van der Waals surface area (Å²) in [6.07, 6.45) is 8.41. The summed E-state index contributed by atoms with van der Waals surface area (Å²) in [7, 11) is 1.72. The number of hydrogen-bond donors (Lipinski definition) is 1. The van der Waals surface area contributed by atoms with E-state index < -0.39 is 0 Å². The van der Waals surface area contributed by atoms with Gasteiger partial charge in [-0.05, 0) is 49.4 Å². The Labute approximate surface area is 131 Å². The van der Waals surface area contributed by atoms with Crippen molar-refractivity contribution in [3.05, 3.63) is 28.2 Å². The van der Waals surface area contributed by atoms with Gasteiger partial charge in [-0.2, -0.15) is 0 Å². The van der Waals surface area contributed by atoms with E-state index in [1.165, 1.54) is 44.1 Å². The Hall–Kier alpha value is -0.540. The zero-order valence-electron chi connectivity index (χ0n) is 12.6. The largest absolute Gasteiger partial charge is 0.497 e. The Bertz CT molecular complexity index is 413. The lowest BCUT2D eigenvalue weighted by Crippen LogP contribution is -2.33. The van der Waals surface area contributed by atoms with Crippen LogP contribution in [0.4, 0.5) is 0 Å². The minimum Gasteiger partial charge on any atom is -0.497 e. The molecule has 0 spiro atoms. The summed E-state index contributed by atoms with van der Waals surface area (Å²) in [5, 5.41) is 3.70. The number of nitrogens with one attached hydrogen (secondary N) is 1. The van der Waals surface area contributed by atoms with Crippen molar-refractivity contribution in [2.45, 2.75) is 58.0 Å². The fourth-order valence-electron chi connectivity index (χ4n) is 3.06. The molecule has 1 aromatic carbocycles. The summed E-state index contributed by atoms with van der Waals surface area (Å²) < 4.78 is 6.45. The quantitative estimate of drug-likeness (QED) is 0.769. The highest BCUT2D eigenvalue weighted by atomic mass is 79.9. The Morgan fingerprint density at radius 3 is 2.60 bits per heavy atom. The average Bonchev–Trinajstić information content (AvgIpc) is 2.75. The molecule has 0 bridgehead atoms. The van der Waals surface area contributed by atoms with Crippen LogP contribution in [0.5, 0.6) is 5.75 Å². The van der Waals surface area contributed by atoms with Crippen LogP contribution in [0.1, 0.15) is 51.0 Å². The molecule has 1 aromatic rings. The molecule has 1 fully saturated rings. The van der Waals surface area contributed by atoms with Crippen LogP contribution in [0, 0.1) is 5.92 Å². The van der Waals surface area contributed by atoms with E-state index in [-0.39, 0.29) is 0 Å². The van der Waals surface area contributed by atoms with E-state index in [1.54, 1.807) is 7.11 Å². The van der Waals surface area contributed by atoms with Gasteiger partial charge in [-0.25, -0.2) is 0 Å². The van der Waals surface area contributed by atoms with Gasteiger partial charge in [-0.3, -0.25) is 0 Å². The standard InChI is InChI=1S/C17H26BrNO/c1-13(14-7-5-3-4-6-8-14)19-12-15-11-16(20-2)9-10-17(15)18/h9-11,13-14,19H,3-8,12H2,1-2H3/t13-/m0/s1. The van der Waals surface area contributed by atoms with E-state index in [2.05, 4.69) is 40.3 Å². The van der Waals surface area contributed by atoms with Crippen molar-refractivity contribution in [3.63, 3.8) is 0 Å². The van der Waals surface area contributed by atoms with Gasteiger partial charge in [0.15, 0.2) is 0 Å². The molecule has 1 saturated carbocycles. The highest BCUT2D eigenvalue weighted by molar-refractivity contribution is 9.10. The molecule has 0 heterocycles. The van der Waals surface area contributed by atoms with Crippen molar-refractivity contribution >= 4 is 15.9 Å². The van der Waals surface area contributed by atoms with Crippen molar-refractivity contribution in [2.75, 3.05) is 7.11 Å². The van der Waals surface area contributed by atoms with Gasteiger partial charge in [0.2, 0.25) is 0 Å². The minimum absolute atomic E-state index is 0.589. The van der Waals surface area contributed by atoms with Gasteiger partial charge in [0.25, 0.3) is 0 Å². The van der Waals surface area contributed by atoms with Gasteiger partial charge < -0.3 is 10.1 Å². The van der Waals surface area contributed by atoms with E-state index in [0.29, 0.717) is 6.04 Å². The molecule has 1 aliphatic carbocycles. The number of benzene rings is 1. The first-order valence-corrected chi connectivity index (χ1v) is 8.56. The maximum Gasteiger partial charge on any atom is 0.119 e. The van der Waals surface area contributed by atoms with Crippen LogP contribution in [0.25, 0.3) is 0 Å². The monoisotopic (exact) mass is 339 g/mol. The molecule has 0 aromatic heterocycles. The smallest absolute Gasteiger partial charge is 0.119 e. The summed E-state index contributed by atoms with van der Waals surface area (Å²) in [6, 6.07) is 6.75. The highest BCUT2D eigenvalue weighted by Crippen LogP contribution is 2.26. The number of halogens is 1. The molecule has 1 atom stereocenters. The summed E-state index contributed by atoms with van der Waals surface area (Å²) in [5.74, 6) is 1.76. The molecular weight excluding hydrogens is 314 g/mol. The molecule has 2 nitrogen and oxygen atoms in total. The maximum absolute atomic E-state index is 5.30. The van der Waals surface area contributed by atoms with Crippen molar-refractivity contribution in [3.8, 4) is 5.75 Å². The van der Waals surface area contributed by atoms with E-state index >= 15 is 0 Å². The molecule has 1 aliphatic rings. The predicted octanol–water partition coefficient (Wildman–Crippen LogP) is 4.91. The fraction of sp³-hybridized carbons (Fsp3) is 0.647. The van der Waals surface area contributed by atoms with Crippen LogP contribution in [0.15, 0.2) is 22.7 Å². The van der Waals surface area contributed by atoms with Crippen LogP contribution in [-0.4, -0.2) is 13.2 Å². The summed E-state index contributed by atoms with van der Waals surface area (Å²) in [4.78, 5) is 0. The van der Waals surface area contributed by atoms with Crippen molar-refractivity contribution in [2.24, 2.45) is 5.92 Å². The zero-order chi connectivity index (χ0) is 14.4. The molecule has 0 unspecified atom stereocenters. The second-order valence-corrected chi connectivity index (χ2v) is 6.73. The van der Waals surface area contributed by atoms with Crippen LogP contribution < -0.4 is 10.1 Å². The first kappa shape index (κ1) is 15.8. The minimum atomic E-state index is 0.589. The van der Waals surface area contributed by atoms with Gasteiger partial charge in [0.05, 0.1) is 7.11 Å². The van der Waals surface area contributed by atoms with Gasteiger partial charge in [0.1, 0.15) is 5.75 Å². The third-order valence-corrected chi connectivity index (χ3v) is 5.25. The van der Waals surface area contributed by atoms with E-state index in [1.807, 2.05) is 6.07 Å². The van der Waals surface area contributed by atoms with Gasteiger partial charge in [0, 0.05) is 17.1 Å². The van der Waals surface area contributed by atoms with Crippen molar-refractivity contribution in [1.82, 2.24) is 5.32 Å². The molecule has 3 heteroatoms. The van der Waals surface area contributed by atoms with Gasteiger partial charge >= 0.3 is 0 Å². The highest BCUT2D eigenvalue weighted by Gasteiger charge is 2.18. The van der Waals surface area contributed by atoms with Crippen molar-refractivity contribution in [1.29, 1.82) is 0 Å². The lowest BCUT2D eigenvalue weighted by atomic mass is 9.93. The fourth-order valence-corrected chi connectivity index (χ4v) is 3.45. The van der Waals surface area contributed by atoms with Crippen LogP contribution >= 0.6 is 15.9 Å². The SMILES string of the molecule is COc1ccc(Br)c(CN[C@@H](C)C2CCCCCC2)c1. The third-order valence-electron chi connectivity index (χ3n) is 4.47. The molecule has 1 N–H and O–H groups in total. The molecule has 0 radical (unpaired) electrons. The Morgan fingerprint density at radius 1 is 1.25 bits per heavy atom. The molecule has 20 heavy (non-hydrogen) atoms. The van der Waals surface area contributed by atoms with Gasteiger partial charge in [-0.1, -0.05) is 41.6 Å². The Balaban J connectivity index is 1.90. The lowest BCUT2D eigenvalue weighted by Gasteiger charge is -2.24. The van der Waals surface area contributed by atoms with Crippen LogP contribution in [-0.2, 0) is 6.54 Å². The molecule has 112 valence electrons. The molecule has 2 rings (SSSR count). The molecule has 0 amide bonds. The van der Waals surface area contributed by atoms with Crippen molar-refractivity contribution < 1.29 is 4.74 Å². The predicted molar refractivity (Wildman–Crippen MR) is 88.2 cm³/mol.